The van der Waals surface area contributed by atoms with Gasteiger partial charge in [0.05, 0.1) is 47.4 Å². The second-order valence-electron chi connectivity index (χ2n) is 16.9. The summed E-state index contributed by atoms with van der Waals surface area (Å²) in [4.78, 5) is 58.4. The summed E-state index contributed by atoms with van der Waals surface area (Å²) >= 11 is 0. The first-order valence-corrected chi connectivity index (χ1v) is 21.7. The fourth-order valence-corrected chi connectivity index (χ4v) is 8.98. The van der Waals surface area contributed by atoms with Gasteiger partial charge in [-0.15, -0.1) is 0 Å². The molecule has 3 aromatic heterocycles. The minimum atomic E-state index is -0.718. The van der Waals surface area contributed by atoms with Gasteiger partial charge in [-0.3, -0.25) is 10.1 Å². The summed E-state index contributed by atoms with van der Waals surface area (Å²) in [6, 6.07) is 43.1. The number of nitrogens with one attached hydrogen (secondary N) is 2. The summed E-state index contributed by atoms with van der Waals surface area (Å²) in [5.74, 6) is -1.43. The number of methoxy groups -OCH3 is 2. The number of H-pyrrole nitrogens is 2. The molecule has 11 heteroatoms. The summed E-state index contributed by atoms with van der Waals surface area (Å²) in [7, 11) is 2.54. The molecule has 0 amide bonds. The quantitative estimate of drug-likeness (QED) is 0.0911. The van der Waals surface area contributed by atoms with Gasteiger partial charge < -0.3 is 19.4 Å². The lowest BCUT2D eigenvalue weighted by Crippen LogP contribution is -2.12. The van der Waals surface area contributed by atoms with Crippen LogP contribution in [0.1, 0.15) is 54.4 Å². The van der Waals surface area contributed by atoms with Crippen LogP contribution in [-0.4, -0.2) is 51.0 Å². The Morgan fingerprint density at radius 3 is 1.15 bits per heavy atom. The van der Waals surface area contributed by atoms with Crippen LogP contribution in [0.5, 0.6) is 0 Å². The van der Waals surface area contributed by atoms with Gasteiger partial charge in [0, 0.05) is 61.5 Å². The highest BCUT2D eigenvalue weighted by Gasteiger charge is 2.32. The number of aromatic amines is 2. The molecule has 2 aliphatic rings. The third-order valence-corrected chi connectivity index (χ3v) is 12.4. The van der Waals surface area contributed by atoms with Crippen molar-refractivity contribution in [3.8, 4) is 67.0 Å². The Morgan fingerprint density at radius 2 is 0.806 bits per heavy atom. The number of ether oxygens (including phenoxy) is 2. The SMILES string of the molecule is COC(=O)c1cc2c(cc1C(=O)OC)-c1nc-2c(-c2ccc(C)cc2)c2ccc([nH]2)c(-c2ccc(C)cc2)c2nc(c(-c3ccc(C)cc3)c3ccc([nH]3)c1-c1ccc(C)cc1)C([N+](=O)[O-])=C2. The summed E-state index contributed by atoms with van der Waals surface area (Å²) in [6.07, 6.45) is 1.56. The average molecular weight is 882 g/mol. The molecule has 8 aromatic rings. The predicted octanol–water partition coefficient (Wildman–Crippen LogP) is 12.9. The highest BCUT2D eigenvalue weighted by Crippen LogP contribution is 2.48. The molecule has 5 aromatic carbocycles. The van der Waals surface area contributed by atoms with Crippen molar-refractivity contribution in [2.75, 3.05) is 14.2 Å². The molecule has 8 bridgehead atoms. The molecular formula is C56H43N5O6. The number of rotatable bonds is 7. The van der Waals surface area contributed by atoms with Gasteiger partial charge >= 0.3 is 11.9 Å². The van der Waals surface area contributed by atoms with Gasteiger partial charge in [0.2, 0.25) is 0 Å². The van der Waals surface area contributed by atoms with Gasteiger partial charge in [0.15, 0.2) is 5.69 Å². The smallest absolute Gasteiger partial charge is 0.338 e. The predicted molar refractivity (Wildman–Crippen MR) is 264 cm³/mol. The van der Waals surface area contributed by atoms with Crippen LogP contribution < -0.4 is 0 Å². The lowest BCUT2D eigenvalue weighted by atomic mass is 9.91. The van der Waals surface area contributed by atoms with E-state index in [1.807, 2.05) is 149 Å². The van der Waals surface area contributed by atoms with Gasteiger partial charge in [-0.1, -0.05) is 119 Å². The normalized spacial score (nSPS) is 11.8. The first-order chi connectivity index (χ1) is 32.4. The molecule has 0 spiro atoms. The van der Waals surface area contributed by atoms with Crippen LogP contribution in [0.2, 0.25) is 0 Å². The van der Waals surface area contributed by atoms with E-state index in [9.17, 15) is 19.7 Å². The average Bonchev–Trinajstić information content (AvgIpc) is 4.16. The van der Waals surface area contributed by atoms with Crippen molar-refractivity contribution in [2.24, 2.45) is 0 Å². The first kappa shape index (κ1) is 42.3. The van der Waals surface area contributed by atoms with Gasteiger partial charge in [-0.25, -0.2) is 19.6 Å². The number of nitro groups is 1. The highest BCUT2D eigenvalue weighted by atomic mass is 16.6. The van der Waals surface area contributed by atoms with Crippen LogP contribution in [0.25, 0.3) is 101 Å². The van der Waals surface area contributed by atoms with Crippen molar-refractivity contribution >= 4 is 45.8 Å². The number of aryl methyl sites for hydroxylation is 4. The molecule has 0 radical (unpaired) electrons. The number of hydrogen-bond donors (Lipinski definition) is 2. The van der Waals surface area contributed by atoms with Gasteiger partial charge in [-0.05, 0) is 86.3 Å². The summed E-state index contributed by atoms with van der Waals surface area (Å²) in [6.45, 7) is 8.03. The number of nitrogens with zero attached hydrogens (tertiary/aromatic N) is 3. The Balaban J connectivity index is 1.49. The van der Waals surface area contributed by atoms with Crippen LogP contribution in [0.15, 0.2) is 133 Å². The van der Waals surface area contributed by atoms with Crippen LogP contribution >= 0.6 is 0 Å². The lowest BCUT2D eigenvalue weighted by molar-refractivity contribution is -0.374. The van der Waals surface area contributed by atoms with E-state index in [0.29, 0.717) is 72.5 Å². The molecule has 2 N–H and O–H groups in total. The second-order valence-corrected chi connectivity index (χ2v) is 16.9. The molecule has 0 unspecified atom stereocenters. The Labute approximate surface area is 385 Å². The molecule has 0 atom stereocenters. The lowest BCUT2D eigenvalue weighted by Gasteiger charge is -2.12. The van der Waals surface area contributed by atoms with E-state index in [0.717, 1.165) is 44.5 Å². The highest BCUT2D eigenvalue weighted by molar-refractivity contribution is 6.11. The summed E-state index contributed by atoms with van der Waals surface area (Å²) in [5.41, 5.74) is 15.1. The largest absolute Gasteiger partial charge is 0.465 e. The van der Waals surface area contributed by atoms with Gasteiger partial charge in [0.1, 0.15) is 0 Å². The monoisotopic (exact) mass is 881 g/mol. The van der Waals surface area contributed by atoms with Gasteiger partial charge in [-0.2, -0.15) is 0 Å². The van der Waals surface area contributed by atoms with Crippen molar-refractivity contribution in [2.45, 2.75) is 27.7 Å². The first-order valence-electron chi connectivity index (χ1n) is 21.7. The van der Waals surface area contributed by atoms with Crippen LogP contribution in [-0.2, 0) is 9.47 Å². The number of benzene rings is 5. The van der Waals surface area contributed by atoms with Crippen LogP contribution in [0, 0.1) is 37.8 Å². The molecule has 5 heterocycles. The van der Waals surface area contributed by atoms with E-state index >= 15 is 0 Å². The fourth-order valence-electron chi connectivity index (χ4n) is 8.98. The molecule has 0 saturated carbocycles. The Bertz CT molecular complexity index is 3560. The molecule has 328 valence electrons. The summed E-state index contributed by atoms with van der Waals surface area (Å²) < 4.78 is 10.5. The van der Waals surface area contributed by atoms with Crippen molar-refractivity contribution in [3.05, 3.63) is 188 Å². The van der Waals surface area contributed by atoms with E-state index in [1.165, 1.54) is 14.2 Å². The maximum Gasteiger partial charge on any atom is 0.338 e. The van der Waals surface area contributed by atoms with E-state index in [4.69, 9.17) is 19.4 Å². The van der Waals surface area contributed by atoms with Crippen molar-refractivity contribution in [3.63, 3.8) is 0 Å². The molecular weight excluding hydrogens is 839 g/mol. The number of aromatic nitrogens is 4. The zero-order valence-electron chi connectivity index (χ0n) is 37.6. The van der Waals surface area contributed by atoms with E-state index in [2.05, 4.69) is 9.97 Å². The molecule has 67 heavy (non-hydrogen) atoms. The number of fused-ring (bicyclic) bond motifs is 11. The summed E-state index contributed by atoms with van der Waals surface area (Å²) in [5, 5.41) is 13.3. The molecule has 0 fully saturated rings. The number of carbonyl (C=O) groups is 2. The number of carbonyl (C=O) groups excluding carboxylic acids is 2. The van der Waals surface area contributed by atoms with Crippen LogP contribution in [0.3, 0.4) is 0 Å². The topological polar surface area (TPSA) is 153 Å². The molecule has 0 saturated heterocycles. The Morgan fingerprint density at radius 1 is 0.478 bits per heavy atom. The minimum absolute atomic E-state index is 0.0138. The fraction of sp³-hybridized carbons (Fsp3) is 0.107. The standard InChI is InChI=1S/C56H43N5O6/c1-30-7-15-34(16-8-30)48-42-23-24-43(57-42)49(35-17-9-31(2)10-18-35)52-38-27-40(55(62)66-5)41(56(63)67-6)28-39(38)53(60-52)50(36-19-11-32(3)12-20-36)44-25-26-45(58-44)51(37-21-13-33(4)14-22-37)54-47(61(64)65)29-46(48)59-54/h7-29,57-58H,1-6H3. The van der Waals surface area contributed by atoms with Crippen molar-refractivity contribution in [1.29, 1.82) is 0 Å². The molecule has 10 rings (SSSR count). The maximum absolute atomic E-state index is 13.6. The van der Waals surface area contributed by atoms with Crippen molar-refractivity contribution < 1.29 is 24.0 Å². The third-order valence-electron chi connectivity index (χ3n) is 12.4. The van der Waals surface area contributed by atoms with Crippen LogP contribution in [0.4, 0.5) is 0 Å². The van der Waals surface area contributed by atoms with E-state index in [-0.39, 0.29) is 27.4 Å². The number of esters is 2. The number of hydrogen-bond acceptors (Lipinski definition) is 8. The van der Waals surface area contributed by atoms with Crippen molar-refractivity contribution in [1.82, 2.24) is 19.9 Å². The van der Waals surface area contributed by atoms with E-state index in [1.54, 1.807) is 18.2 Å². The van der Waals surface area contributed by atoms with E-state index < -0.39 is 11.9 Å². The Kier molecular flexibility index (Phi) is 10.5. The second kappa shape index (κ2) is 16.7. The zero-order chi connectivity index (χ0) is 46.7. The Hall–Kier alpha value is -8.70. The maximum atomic E-state index is 13.6. The van der Waals surface area contributed by atoms with Gasteiger partial charge in [0.25, 0.3) is 5.70 Å². The molecule has 2 aliphatic heterocycles. The molecule has 0 aliphatic carbocycles. The zero-order valence-corrected chi connectivity index (χ0v) is 37.6. The molecule has 11 nitrogen and oxygen atoms in total. The minimum Gasteiger partial charge on any atom is -0.465 e. The third kappa shape index (κ3) is 7.46.